The summed E-state index contributed by atoms with van der Waals surface area (Å²) in [6.07, 6.45) is 3.32. The van der Waals surface area contributed by atoms with E-state index in [0.717, 1.165) is 37.5 Å². The summed E-state index contributed by atoms with van der Waals surface area (Å²) in [5.74, 6) is 1.62. The van der Waals surface area contributed by atoms with Gasteiger partial charge in [0.15, 0.2) is 5.82 Å². The van der Waals surface area contributed by atoms with Gasteiger partial charge in [-0.2, -0.15) is 5.10 Å². The molecule has 6 heteroatoms. The molecule has 20 heavy (non-hydrogen) atoms. The summed E-state index contributed by atoms with van der Waals surface area (Å²) in [6.45, 7) is 7.65. The summed E-state index contributed by atoms with van der Waals surface area (Å²) in [5.41, 5.74) is 0. The Morgan fingerprint density at radius 1 is 1.35 bits per heavy atom. The monoisotopic (exact) mass is 282 g/mol. The van der Waals surface area contributed by atoms with Crippen molar-refractivity contribution in [3.05, 3.63) is 11.6 Å². The lowest BCUT2D eigenvalue weighted by molar-refractivity contribution is -0.143. The normalized spacial score (nSPS) is 12.4. The lowest BCUT2D eigenvalue weighted by Gasteiger charge is -2.16. The van der Waals surface area contributed by atoms with E-state index in [1.165, 1.54) is 7.11 Å². The maximum absolute atomic E-state index is 11.7. The van der Waals surface area contributed by atoms with Crippen LogP contribution in [0.15, 0.2) is 0 Å². The van der Waals surface area contributed by atoms with E-state index in [4.69, 9.17) is 4.74 Å². The van der Waals surface area contributed by atoms with E-state index < -0.39 is 0 Å². The van der Waals surface area contributed by atoms with Crippen LogP contribution in [-0.2, 0) is 28.9 Å². The Bertz CT molecular complexity index is 417. The number of ether oxygens (including phenoxy) is 1. The number of aromatic nitrogens is 3. The fourth-order valence-electron chi connectivity index (χ4n) is 2.03. The Morgan fingerprint density at radius 2 is 2.10 bits per heavy atom. The summed E-state index contributed by atoms with van der Waals surface area (Å²) < 4.78 is 6.74. The number of hydrogen-bond donors (Lipinski definition) is 1. The van der Waals surface area contributed by atoms with E-state index >= 15 is 0 Å². The van der Waals surface area contributed by atoms with Gasteiger partial charge in [0.05, 0.1) is 7.11 Å². The van der Waals surface area contributed by atoms with Gasteiger partial charge < -0.3 is 10.1 Å². The average Bonchev–Trinajstić information content (AvgIpc) is 2.89. The highest BCUT2D eigenvalue weighted by Gasteiger charge is 2.19. The standard InChI is InChI=1S/C14H26N4O2/c1-5-9-15-11(14(19)20-4)8-10-18-13(7-3)16-12(6-2)17-18/h11,15H,5-10H2,1-4H3. The van der Waals surface area contributed by atoms with Crippen molar-refractivity contribution < 1.29 is 9.53 Å². The van der Waals surface area contributed by atoms with Crippen molar-refractivity contribution in [3.8, 4) is 0 Å². The molecule has 0 saturated heterocycles. The fourth-order valence-corrected chi connectivity index (χ4v) is 2.03. The lowest BCUT2D eigenvalue weighted by Crippen LogP contribution is -2.39. The molecule has 1 unspecified atom stereocenters. The Balaban J connectivity index is 2.66. The first-order chi connectivity index (χ1) is 9.65. The molecule has 0 aliphatic rings. The Hall–Kier alpha value is -1.43. The molecule has 0 aromatic carbocycles. The van der Waals surface area contributed by atoms with Gasteiger partial charge in [0.1, 0.15) is 11.9 Å². The molecule has 0 aliphatic carbocycles. The van der Waals surface area contributed by atoms with Gasteiger partial charge in [0.25, 0.3) is 0 Å². The fraction of sp³-hybridized carbons (Fsp3) is 0.786. The third kappa shape index (κ3) is 4.59. The zero-order chi connectivity index (χ0) is 15.0. The second-order valence-electron chi connectivity index (χ2n) is 4.69. The van der Waals surface area contributed by atoms with Crippen molar-refractivity contribution in [2.45, 2.75) is 59.0 Å². The van der Waals surface area contributed by atoms with Gasteiger partial charge in [-0.15, -0.1) is 0 Å². The SMILES string of the molecule is CCCNC(CCn1nc(CC)nc1CC)C(=O)OC. The van der Waals surface area contributed by atoms with Gasteiger partial charge >= 0.3 is 5.97 Å². The first-order valence-corrected chi connectivity index (χ1v) is 7.39. The Labute approximate surface area is 120 Å². The molecular weight excluding hydrogens is 256 g/mol. The predicted molar refractivity (Wildman–Crippen MR) is 77.5 cm³/mol. The molecule has 0 fully saturated rings. The molecular formula is C14H26N4O2. The van der Waals surface area contributed by atoms with Crippen LogP contribution in [0.3, 0.4) is 0 Å². The van der Waals surface area contributed by atoms with Crippen LogP contribution in [0.4, 0.5) is 0 Å². The third-order valence-corrected chi connectivity index (χ3v) is 3.18. The van der Waals surface area contributed by atoms with Crippen molar-refractivity contribution >= 4 is 5.97 Å². The van der Waals surface area contributed by atoms with E-state index in [2.05, 4.69) is 29.2 Å². The van der Waals surface area contributed by atoms with Gasteiger partial charge in [0, 0.05) is 19.4 Å². The smallest absolute Gasteiger partial charge is 0.322 e. The zero-order valence-electron chi connectivity index (χ0n) is 13.0. The number of nitrogens with one attached hydrogen (secondary N) is 1. The molecule has 0 amide bonds. The highest BCUT2D eigenvalue weighted by atomic mass is 16.5. The highest BCUT2D eigenvalue weighted by Crippen LogP contribution is 2.05. The van der Waals surface area contributed by atoms with Gasteiger partial charge in [-0.25, -0.2) is 9.67 Å². The molecule has 0 radical (unpaired) electrons. The second-order valence-corrected chi connectivity index (χ2v) is 4.69. The van der Waals surface area contributed by atoms with Gasteiger partial charge in [0.2, 0.25) is 0 Å². The molecule has 114 valence electrons. The molecule has 0 bridgehead atoms. The zero-order valence-corrected chi connectivity index (χ0v) is 13.0. The summed E-state index contributed by atoms with van der Waals surface area (Å²) in [6, 6.07) is -0.279. The largest absolute Gasteiger partial charge is 0.468 e. The third-order valence-electron chi connectivity index (χ3n) is 3.18. The number of hydrogen-bond acceptors (Lipinski definition) is 5. The van der Waals surface area contributed by atoms with Crippen LogP contribution in [0.2, 0.25) is 0 Å². The van der Waals surface area contributed by atoms with Crippen molar-refractivity contribution in [3.63, 3.8) is 0 Å². The minimum atomic E-state index is -0.279. The van der Waals surface area contributed by atoms with E-state index in [-0.39, 0.29) is 12.0 Å². The summed E-state index contributed by atoms with van der Waals surface area (Å²) in [7, 11) is 1.42. The molecule has 0 spiro atoms. The average molecular weight is 282 g/mol. The van der Waals surface area contributed by atoms with Crippen molar-refractivity contribution in [1.82, 2.24) is 20.1 Å². The molecule has 0 saturated carbocycles. The Kier molecular flexibility index (Phi) is 7.22. The van der Waals surface area contributed by atoms with E-state index in [9.17, 15) is 4.79 Å². The first-order valence-electron chi connectivity index (χ1n) is 7.39. The molecule has 0 aliphatic heterocycles. The number of rotatable bonds is 9. The van der Waals surface area contributed by atoms with Crippen LogP contribution in [0.25, 0.3) is 0 Å². The van der Waals surface area contributed by atoms with Crippen LogP contribution in [-0.4, -0.2) is 40.4 Å². The molecule has 1 aromatic rings. The van der Waals surface area contributed by atoms with E-state index in [1.807, 2.05) is 11.6 Å². The van der Waals surface area contributed by atoms with Crippen LogP contribution in [0.1, 0.15) is 45.3 Å². The number of esters is 1. The van der Waals surface area contributed by atoms with Crippen LogP contribution < -0.4 is 5.32 Å². The maximum atomic E-state index is 11.7. The van der Waals surface area contributed by atoms with Gasteiger partial charge in [-0.1, -0.05) is 20.8 Å². The summed E-state index contributed by atoms with van der Waals surface area (Å²) in [4.78, 5) is 16.2. The van der Waals surface area contributed by atoms with Crippen LogP contribution in [0.5, 0.6) is 0 Å². The molecule has 1 rings (SSSR count). The van der Waals surface area contributed by atoms with Crippen molar-refractivity contribution in [2.24, 2.45) is 0 Å². The molecule has 1 N–H and O–H groups in total. The van der Waals surface area contributed by atoms with Crippen LogP contribution >= 0.6 is 0 Å². The van der Waals surface area contributed by atoms with Gasteiger partial charge in [-0.3, -0.25) is 4.79 Å². The number of carbonyl (C=O) groups is 1. The summed E-state index contributed by atoms with van der Waals surface area (Å²) >= 11 is 0. The topological polar surface area (TPSA) is 69.0 Å². The van der Waals surface area contributed by atoms with Gasteiger partial charge in [-0.05, 0) is 19.4 Å². The number of aryl methyl sites for hydroxylation is 3. The Morgan fingerprint density at radius 3 is 2.65 bits per heavy atom. The second kappa shape index (κ2) is 8.68. The molecule has 6 nitrogen and oxygen atoms in total. The molecule has 1 aromatic heterocycles. The van der Waals surface area contributed by atoms with E-state index in [0.29, 0.717) is 13.0 Å². The predicted octanol–water partition coefficient (Wildman–Crippen LogP) is 1.33. The maximum Gasteiger partial charge on any atom is 0.322 e. The number of nitrogens with zero attached hydrogens (tertiary/aromatic N) is 3. The lowest BCUT2D eigenvalue weighted by atomic mass is 10.2. The summed E-state index contributed by atoms with van der Waals surface area (Å²) in [5, 5.41) is 7.68. The quantitative estimate of drug-likeness (QED) is 0.692. The highest BCUT2D eigenvalue weighted by molar-refractivity contribution is 5.75. The minimum Gasteiger partial charge on any atom is -0.468 e. The number of carbonyl (C=O) groups excluding carboxylic acids is 1. The van der Waals surface area contributed by atoms with Crippen molar-refractivity contribution in [1.29, 1.82) is 0 Å². The molecule has 1 atom stereocenters. The minimum absolute atomic E-state index is 0.215. The first kappa shape index (κ1) is 16.6. The van der Waals surface area contributed by atoms with Crippen LogP contribution in [0, 0.1) is 0 Å². The van der Waals surface area contributed by atoms with E-state index in [1.54, 1.807) is 0 Å². The molecule has 1 heterocycles. The number of methoxy groups -OCH3 is 1. The van der Waals surface area contributed by atoms with Crippen molar-refractivity contribution in [2.75, 3.05) is 13.7 Å².